The summed E-state index contributed by atoms with van der Waals surface area (Å²) in [4.78, 5) is 5.35. The summed E-state index contributed by atoms with van der Waals surface area (Å²) in [5.41, 5.74) is 3.19. The number of rotatable bonds is 7. The summed E-state index contributed by atoms with van der Waals surface area (Å²) in [6.07, 6.45) is 0. The molecule has 0 aliphatic heterocycles. The fourth-order valence-corrected chi connectivity index (χ4v) is 2.65. The van der Waals surface area contributed by atoms with Gasteiger partial charge in [0.05, 0.1) is 12.8 Å². The van der Waals surface area contributed by atoms with Crippen LogP contribution in [-0.4, -0.2) is 31.6 Å². The third-order valence-electron chi connectivity index (χ3n) is 3.54. The van der Waals surface area contributed by atoms with E-state index in [4.69, 9.17) is 18.9 Å². The third-order valence-corrected chi connectivity index (χ3v) is 3.95. The van der Waals surface area contributed by atoms with Crippen LogP contribution in [0.15, 0.2) is 46.2 Å². The molecule has 10 nitrogen and oxygen atoms in total. The van der Waals surface area contributed by atoms with Crippen LogP contribution in [-0.2, 0) is 21.7 Å². The molecular formula is C16H16N4O6S. The summed E-state index contributed by atoms with van der Waals surface area (Å²) in [6, 6.07) is 10.0. The van der Waals surface area contributed by atoms with Crippen molar-refractivity contribution in [2.24, 2.45) is 10.3 Å². The van der Waals surface area contributed by atoms with Crippen molar-refractivity contribution >= 4 is 27.0 Å². The van der Waals surface area contributed by atoms with Gasteiger partial charge in [0.2, 0.25) is 0 Å². The van der Waals surface area contributed by atoms with E-state index in [1.807, 2.05) is 6.07 Å². The zero-order valence-corrected chi connectivity index (χ0v) is 15.3. The van der Waals surface area contributed by atoms with Crippen molar-refractivity contribution in [3.05, 3.63) is 47.5 Å². The Hall–Kier alpha value is -3.18. The maximum absolute atomic E-state index is 11.2. The topological polar surface area (TPSA) is 139 Å². The number of aromatic nitrogens is 2. The van der Waals surface area contributed by atoms with Gasteiger partial charge < -0.3 is 13.8 Å². The molecule has 0 radical (unpaired) electrons. The first kappa shape index (κ1) is 18.6. The zero-order valence-electron chi connectivity index (χ0n) is 14.4. The minimum atomic E-state index is -4.19. The molecule has 0 saturated carbocycles. The van der Waals surface area contributed by atoms with Gasteiger partial charge in [-0.05, 0) is 53.1 Å². The average Bonchev–Trinajstić information content (AvgIpc) is 3.08. The molecule has 0 amide bonds. The van der Waals surface area contributed by atoms with Crippen LogP contribution in [0.4, 0.5) is 0 Å². The highest BCUT2D eigenvalue weighted by Gasteiger charge is 2.13. The number of benzene rings is 2. The van der Waals surface area contributed by atoms with Gasteiger partial charge in [-0.3, -0.25) is 0 Å². The number of ether oxygens (including phenoxy) is 1. The predicted molar refractivity (Wildman–Crippen MR) is 95.5 cm³/mol. The lowest BCUT2D eigenvalue weighted by atomic mass is 10.1. The lowest BCUT2D eigenvalue weighted by molar-refractivity contribution is 0.130. The van der Waals surface area contributed by atoms with Gasteiger partial charge in [-0.25, -0.2) is 4.63 Å². The van der Waals surface area contributed by atoms with E-state index in [2.05, 4.69) is 20.1 Å². The van der Waals surface area contributed by atoms with Crippen LogP contribution < -0.4 is 14.1 Å². The Bertz CT molecular complexity index is 1090. The summed E-state index contributed by atoms with van der Waals surface area (Å²) in [5, 5.41) is 16.4. The predicted octanol–water partition coefficient (Wildman–Crippen LogP) is 1.75. The van der Waals surface area contributed by atoms with Crippen molar-refractivity contribution in [1.82, 2.24) is 10.3 Å². The number of fused-ring (bicyclic) bond motifs is 1. The fourth-order valence-electron chi connectivity index (χ4n) is 2.27. The molecule has 0 atom stereocenters. The smallest absolute Gasteiger partial charge is 0.380 e. The number of hydrogen-bond acceptors (Lipinski definition) is 9. The Morgan fingerprint density at radius 2 is 1.93 bits per heavy atom. The van der Waals surface area contributed by atoms with Crippen LogP contribution in [0.25, 0.3) is 11.0 Å². The molecule has 1 heterocycles. The molecular weight excluding hydrogens is 376 g/mol. The maximum atomic E-state index is 11.2. The van der Waals surface area contributed by atoms with Crippen molar-refractivity contribution in [2.45, 2.75) is 13.5 Å². The number of nitrogens with zero attached hydrogens (tertiary/aromatic N) is 3. The van der Waals surface area contributed by atoms with Crippen LogP contribution in [0.5, 0.6) is 11.5 Å². The van der Waals surface area contributed by atoms with Gasteiger partial charge in [0.1, 0.15) is 17.6 Å². The second-order valence-electron chi connectivity index (χ2n) is 5.48. The van der Waals surface area contributed by atoms with Gasteiger partial charge >= 0.3 is 10.3 Å². The molecule has 0 saturated heterocycles. The Balaban J connectivity index is 1.73. The van der Waals surface area contributed by atoms with E-state index in [-0.39, 0.29) is 18.1 Å². The van der Waals surface area contributed by atoms with Crippen molar-refractivity contribution in [1.29, 1.82) is 0 Å². The van der Waals surface area contributed by atoms with Crippen LogP contribution >= 0.6 is 0 Å². The minimum absolute atomic E-state index is 0.0453. The second kappa shape index (κ2) is 7.60. The molecule has 11 heteroatoms. The Morgan fingerprint density at radius 3 is 2.67 bits per heavy atom. The van der Waals surface area contributed by atoms with Crippen molar-refractivity contribution in [3.8, 4) is 11.5 Å². The molecule has 142 valence electrons. The first-order chi connectivity index (χ1) is 12.9. The number of hydrogen-bond donors (Lipinski definition) is 1. The highest BCUT2D eigenvalue weighted by atomic mass is 32.2. The molecule has 3 aromatic rings. The van der Waals surface area contributed by atoms with Gasteiger partial charge in [0, 0.05) is 5.56 Å². The van der Waals surface area contributed by atoms with Gasteiger partial charge in [0.25, 0.3) is 0 Å². The quantitative estimate of drug-likeness (QED) is 0.474. The van der Waals surface area contributed by atoms with Gasteiger partial charge in [-0.15, -0.1) is 0 Å². The Labute approximate surface area is 154 Å². The van der Waals surface area contributed by atoms with Crippen molar-refractivity contribution in [2.75, 3.05) is 7.11 Å². The highest BCUT2D eigenvalue weighted by Crippen LogP contribution is 2.29. The molecule has 0 fully saturated rings. The SMILES string of the molecule is COc1ccc(/C(C)=N\OCc2ccc3nonc3c2)cc1OS(N)(=O)=O. The molecule has 2 aromatic carbocycles. The van der Waals surface area contributed by atoms with E-state index >= 15 is 0 Å². The van der Waals surface area contributed by atoms with Gasteiger partial charge in [-0.1, -0.05) is 11.2 Å². The van der Waals surface area contributed by atoms with Crippen LogP contribution in [0.2, 0.25) is 0 Å². The zero-order chi connectivity index (χ0) is 19.4. The van der Waals surface area contributed by atoms with E-state index in [1.54, 1.807) is 31.2 Å². The second-order valence-corrected chi connectivity index (χ2v) is 6.63. The summed E-state index contributed by atoms with van der Waals surface area (Å²) >= 11 is 0. The number of methoxy groups -OCH3 is 1. The summed E-state index contributed by atoms with van der Waals surface area (Å²) < 4.78 is 36.8. The first-order valence-corrected chi connectivity index (χ1v) is 9.11. The molecule has 27 heavy (non-hydrogen) atoms. The molecule has 0 unspecified atom stereocenters. The molecule has 2 N–H and O–H groups in total. The first-order valence-electron chi connectivity index (χ1n) is 7.64. The monoisotopic (exact) mass is 392 g/mol. The number of nitrogens with two attached hydrogens (primary N) is 1. The van der Waals surface area contributed by atoms with Crippen LogP contribution in [0.3, 0.4) is 0 Å². The standard InChI is InChI=1S/C16H16N4O6S/c1-10(12-4-6-15(23-2)16(8-12)25-27(17,21)22)18-24-9-11-3-5-13-14(7-11)20-26-19-13/h3-8H,9H2,1-2H3,(H2,17,21,22)/b18-10-. The Morgan fingerprint density at radius 1 is 1.15 bits per heavy atom. The lowest BCUT2D eigenvalue weighted by Gasteiger charge is -2.10. The van der Waals surface area contributed by atoms with Crippen LogP contribution in [0, 0.1) is 0 Å². The summed E-state index contributed by atoms with van der Waals surface area (Å²) in [5.74, 6) is 0.173. The lowest BCUT2D eigenvalue weighted by Crippen LogP contribution is -2.19. The molecule has 3 rings (SSSR count). The average molecular weight is 392 g/mol. The van der Waals surface area contributed by atoms with Crippen molar-refractivity contribution in [3.63, 3.8) is 0 Å². The molecule has 1 aromatic heterocycles. The van der Waals surface area contributed by atoms with E-state index in [0.717, 1.165) is 5.56 Å². The minimum Gasteiger partial charge on any atom is -0.493 e. The largest absolute Gasteiger partial charge is 0.493 e. The normalized spacial score (nSPS) is 12.2. The summed E-state index contributed by atoms with van der Waals surface area (Å²) in [6.45, 7) is 1.91. The van der Waals surface area contributed by atoms with E-state index in [1.165, 1.54) is 13.2 Å². The van der Waals surface area contributed by atoms with Gasteiger partial charge in [0.15, 0.2) is 11.5 Å². The van der Waals surface area contributed by atoms with Crippen LogP contribution in [0.1, 0.15) is 18.1 Å². The number of oxime groups is 1. The third kappa shape index (κ3) is 4.71. The van der Waals surface area contributed by atoms with Gasteiger partial charge in [-0.2, -0.15) is 13.6 Å². The molecule has 0 aliphatic rings. The molecule has 0 aliphatic carbocycles. The molecule has 0 bridgehead atoms. The van der Waals surface area contributed by atoms with E-state index in [9.17, 15) is 8.42 Å². The van der Waals surface area contributed by atoms with E-state index in [0.29, 0.717) is 22.3 Å². The Kier molecular flexibility index (Phi) is 5.23. The molecule has 0 spiro atoms. The highest BCUT2D eigenvalue weighted by molar-refractivity contribution is 7.84. The van der Waals surface area contributed by atoms with Crippen molar-refractivity contribution < 1.29 is 26.8 Å². The fraction of sp³-hybridized carbons (Fsp3) is 0.188. The van der Waals surface area contributed by atoms with E-state index < -0.39 is 10.3 Å². The maximum Gasteiger partial charge on any atom is 0.380 e. The summed E-state index contributed by atoms with van der Waals surface area (Å²) in [7, 11) is -2.80.